The second-order valence-electron chi connectivity index (χ2n) is 5.25. The summed E-state index contributed by atoms with van der Waals surface area (Å²) in [5.74, 6) is 0. The first-order valence-electron chi connectivity index (χ1n) is 6.64. The number of thioether (sulfide) groups is 1. The standard InChI is InChI=1S/C13H25NOS/c1-14(10-12-5-3-4-8-15-12)11-6-7-13(9-11)16-2/h11-13H,3-10H2,1-2H3/t11-,12+,13+/m1/s1. The first-order chi connectivity index (χ1) is 7.79. The zero-order valence-corrected chi connectivity index (χ0v) is 11.5. The Morgan fingerprint density at radius 2 is 2.12 bits per heavy atom. The minimum atomic E-state index is 0.507. The van der Waals surface area contributed by atoms with Gasteiger partial charge in [-0.3, -0.25) is 0 Å². The highest BCUT2D eigenvalue weighted by Crippen LogP contribution is 2.31. The van der Waals surface area contributed by atoms with Gasteiger partial charge in [-0.25, -0.2) is 0 Å². The van der Waals surface area contributed by atoms with E-state index in [-0.39, 0.29) is 0 Å². The van der Waals surface area contributed by atoms with E-state index < -0.39 is 0 Å². The molecule has 0 radical (unpaired) electrons. The molecule has 1 aliphatic heterocycles. The Hall–Kier alpha value is 0.270. The van der Waals surface area contributed by atoms with Gasteiger partial charge >= 0.3 is 0 Å². The average molecular weight is 243 g/mol. The van der Waals surface area contributed by atoms with Crippen LogP contribution in [-0.4, -0.2) is 48.8 Å². The topological polar surface area (TPSA) is 12.5 Å². The SMILES string of the molecule is CS[C@H]1CC[C@@H](N(C)C[C@@H]2CCCCO2)C1. The summed E-state index contributed by atoms with van der Waals surface area (Å²) in [6.07, 6.45) is 10.8. The molecule has 0 spiro atoms. The van der Waals surface area contributed by atoms with Crippen molar-refractivity contribution in [2.75, 3.05) is 26.5 Å². The summed E-state index contributed by atoms with van der Waals surface area (Å²) in [6, 6.07) is 0.808. The van der Waals surface area contributed by atoms with Crippen LogP contribution in [0, 0.1) is 0 Å². The van der Waals surface area contributed by atoms with Gasteiger partial charge in [-0.2, -0.15) is 11.8 Å². The molecule has 3 atom stereocenters. The molecule has 2 nitrogen and oxygen atoms in total. The largest absolute Gasteiger partial charge is 0.377 e. The quantitative estimate of drug-likeness (QED) is 0.753. The Morgan fingerprint density at radius 1 is 1.25 bits per heavy atom. The van der Waals surface area contributed by atoms with Crippen molar-refractivity contribution in [3.8, 4) is 0 Å². The second kappa shape index (κ2) is 6.27. The highest BCUT2D eigenvalue weighted by Gasteiger charge is 2.28. The Labute approximate surface area is 104 Å². The Balaban J connectivity index is 1.72. The summed E-state index contributed by atoms with van der Waals surface area (Å²) in [5.41, 5.74) is 0. The first-order valence-corrected chi connectivity index (χ1v) is 7.93. The summed E-state index contributed by atoms with van der Waals surface area (Å²) in [7, 11) is 2.28. The minimum Gasteiger partial charge on any atom is -0.377 e. The van der Waals surface area contributed by atoms with E-state index in [4.69, 9.17) is 4.74 Å². The van der Waals surface area contributed by atoms with Crippen molar-refractivity contribution in [1.82, 2.24) is 4.90 Å². The molecule has 0 amide bonds. The predicted molar refractivity (Wildman–Crippen MR) is 71.2 cm³/mol. The third-order valence-electron chi connectivity index (χ3n) is 4.08. The number of likely N-dealkylation sites (N-methyl/N-ethyl adjacent to an activating group) is 1. The molecule has 0 aromatic rings. The molecule has 1 saturated carbocycles. The van der Waals surface area contributed by atoms with Crippen LogP contribution in [0.2, 0.25) is 0 Å². The first kappa shape index (κ1) is 12.7. The zero-order valence-electron chi connectivity index (χ0n) is 10.7. The summed E-state index contributed by atoms with van der Waals surface area (Å²) < 4.78 is 5.81. The molecule has 0 unspecified atom stereocenters. The number of rotatable bonds is 4. The van der Waals surface area contributed by atoms with Gasteiger partial charge in [-0.05, 0) is 51.8 Å². The Kier molecular flexibility index (Phi) is 4.98. The Bertz CT molecular complexity index is 206. The van der Waals surface area contributed by atoms with E-state index in [0.29, 0.717) is 6.10 Å². The van der Waals surface area contributed by atoms with Crippen molar-refractivity contribution in [2.45, 2.75) is 55.9 Å². The van der Waals surface area contributed by atoms with Gasteiger partial charge in [0.2, 0.25) is 0 Å². The molecule has 1 saturated heterocycles. The fourth-order valence-corrected chi connectivity index (χ4v) is 3.74. The summed E-state index contributed by atoms with van der Waals surface area (Å²) in [4.78, 5) is 2.55. The molecule has 2 aliphatic rings. The van der Waals surface area contributed by atoms with E-state index in [1.165, 1.54) is 38.5 Å². The van der Waals surface area contributed by atoms with Crippen LogP contribution in [0.15, 0.2) is 0 Å². The zero-order chi connectivity index (χ0) is 11.4. The molecule has 2 rings (SSSR count). The van der Waals surface area contributed by atoms with Gasteiger partial charge in [0.15, 0.2) is 0 Å². The summed E-state index contributed by atoms with van der Waals surface area (Å²) >= 11 is 2.04. The lowest BCUT2D eigenvalue weighted by molar-refractivity contribution is -0.00766. The highest BCUT2D eigenvalue weighted by atomic mass is 32.2. The van der Waals surface area contributed by atoms with Crippen LogP contribution in [-0.2, 0) is 4.74 Å². The van der Waals surface area contributed by atoms with E-state index in [2.05, 4.69) is 18.2 Å². The lowest BCUT2D eigenvalue weighted by Gasteiger charge is -2.31. The third-order valence-corrected chi connectivity index (χ3v) is 5.17. The number of hydrogen-bond acceptors (Lipinski definition) is 3. The van der Waals surface area contributed by atoms with Gasteiger partial charge in [0.1, 0.15) is 0 Å². The fraction of sp³-hybridized carbons (Fsp3) is 1.00. The normalized spacial score (nSPS) is 35.8. The van der Waals surface area contributed by atoms with Crippen molar-refractivity contribution < 1.29 is 4.74 Å². The molecule has 3 heteroatoms. The maximum Gasteiger partial charge on any atom is 0.0702 e. The van der Waals surface area contributed by atoms with E-state index >= 15 is 0 Å². The predicted octanol–water partition coefficient (Wildman–Crippen LogP) is 2.77. The van der Waals surface area contributed by atoms with Crippen LogP contribution in [0.3, 0.4) is 0 Å². The molecule has 16 heavy (non-hydrogen) atoms. The molecule has 1 heterocycles. The highest BCUT2D eigenvalue weighted by molar-refractivity contribution is 7.99. The maximum absolute atomic E-state index is 5.81. The van der Waals surface area contributed by atoms with Crippen molar-refractivity contribution in [3.63, 3.8) is 0 Å². The Morgan fingerprint density at radius 3 is 2.75 bits per heavy atom. The van der Waals surface area contributed by atoms with E-state index in [9.17, 15) is 0 Å². The van der Waals surface area contributed by atoms with Gasteiger partial charge < -0.3 is 9.64 Å². The van der Waals surface area contributed by atoms with E-state index in [1.807, 2.05) is 11.8 Å². The van der Waals surface area contributed by atoms with Gasteiger partial charge in [-0.1, -0.05) is 0 Å². The monoisotopic (exact) mass is 243 g/mol. The lowest BCUT2D eigenvalue weighted by Crippen LogP contribution is -2.38. The smallest absolute Gasteiger partial charge is 0.0702 e. The second-order valence-corrected chi connectivity index (χ2v) is 6.39. The number of ether oxygens (including phenoxy) is 1. The van der Waals surface area contributed by atoms with Gasteiger partial charge in [-0.15, -0.1) is 0 Å². The molecule has 0 N–H and O–H groups in total. The average Bonchev–Trinajstić information content (AvgIpc) is 2.79. The van der Waals surface area contributed by atoms with Crippen molar-refractivity contribution >= 4 is 11.8 Å². The lowest BCUT2D eigenvalue weighted by atomic mass is 10.1. The number of nitrogens with zero attached hydrogens (tertiary/aromatic N) is 1. The molecular formula is C13H25NOS. The van der Waals surface area contributed by atoms with E-state index in [0.717, 1.165) is 24.4 Å². The maximum atomic E-state index is 5.81. The van der Waals surface area contributed by atoms with Gasteiger partial charge in [0, 0.05) is 24.4 Å². The van der Waals surface area contributed by atoms with Crippen LogP contribution in [0.4, 0.5) is 0 Å². The van der Waals surface area contributed by atoms with E-state index in [1.54, 1.807) is 0 Å². The van der Waals surface area contributed by atoms with Gasteiger partial charge in [0.05, 0.1) is 6.10 Å². The van der Waals surface area contributed by atoms with Crippen LogP contribution in [0.25, 0.3) is 0 Å². The fourth-order valence-electron chi connectivity index (χ4n) is 2.95. The van der Waals surface area contributed by atoms with Crippen LogP contribution in [0.1, 0.15) is 38.5 Å². The molecule has 1 aliphatic carbocycles. The molecule has 0 aromatic carbocycles. The molecule has 0 aromatic heterocycles. The van der Waals surface area contributed by atoms with Crippen molar-refractivity contribution in [3.05, 3.63) is 0 Å². The molecular weight excluding hydrogens is 218 g/mol. The van der Waals surface area contributed by atoms with Gasteiger partial charge in [0.25, 0.3) is 0 Å². The minimum absolute atomic E-state index is 0.507. The summed E-state index contributed by atoms with van der Waals surface area (Å²) in [5, 5.41) is 0.903. The molecule has 2 fully saturated rings. The van der Waals surface area contributed by atoms with Crippen molar-refractivity contribution in [1.29, 1.82) is 0 Å². The van der Waals surface area contributed by atoms with Crippen LogP contribution in [0.5, 0.6) is 0 Å². The summed E-state index contributed by atoms with van der Waals surface area (Å²) in [6.45, 7) is 2.13. The van der Waals surface area contributed by atoms with Crippen LogP contribution < -0.4 is 0 Å². The van der Waals surface area contributed by atoms with Crippen LogP contribution >= 0.6 is 11.8 Å². The third kappa shape index (κ3) is 3.38. The van der Waals surface area contributed by atoms with Crippen molar-refractivity contribution in [2.24, 2.45) is 0 Å². The molecule has 94 valence electrons. The number of hydrogen-bond donors (Lipinski definition) is 0. The molecule has 0 bridgehead atoms.